The molecule has 1 rings (SSSR count). The fourth-order valence-electron chi connectivity index (χ4n) is 1.48. The summed E-state index contributed by atoms with van der Waals surface area (Å²) in [4.78, 5) is 11.7. The summed E-state index contributed by atoms with van der Waals surface area (Å²) < 4.78 is 24.9. The van der Waals surface area contributed by atoms with Gasteiger partial charge in [0.25, 0.3) is 0 Å². The number of benzene rings is 1. The third-order valence-electron chi connectivity index (χ3n) is 2.15. The van der Waals surface area contributed by atoms with Gasteiger partial charge in [0.05, 0.1) is 10.6 Å². The van der Waals surface area contributed by atoms with Crippen LogP contribution in [0.25, 0.3) is 0 Å². The summed E-state index contributed by atoms with van der Waals surface area (Å²) in [6.07, 6.45) is 0. The molecule has 0 radical (unpaired) electrons. The topological polar surface area (TPSA) is 89.3 Å². The van der Waals surface area contributed by atoms with Gasteiger partial charge in [-0.1, -0.05) is 15.9 Å². The molecular weight excluding hydrogens is 332 g/mol. The van der Waals surface area contributed by atoms with Gasteiger partial charge in [-0.05, 0) is 39.0 Å². The van der Waals surface area contributed by atoms with Crippen molar-refractivity contribution in [3.63, 3.8) is 0 Å². The number of nitrogens with two attached hydrogens (primary N) is 1. The van der Waals surface area contributed by atoms with Gasteiger partial charge in [-0.2, -0.15) is 0 Å². The number of carbonyl (C=O) groups is 1. The number of amides is 1. The number of nitrogens with one attached hydrogen (secondary N) is 1. The Balaban J connectivity index is 2.99. The van der Waals surface area contributed by atoms with E-state index in [2.05, 4.69) is 21.2 Å². The number of rotatable bonds is 3. The van der Waals surface area contributed by atoms with Crippen LogP contribution < -0.4 is 11.1 Å². The molecule has 5 nitrogen and oxygen atoms in total. The largest absolute Gasteiger partial charge is 0.398 e. The molecule has 0 aliphatic carbocycles. The van der Waals surface area contributed by atoms with Gasteiger partial charge in [-0.25, -0.2) is 8.42 Å². The summed E-state index contributed by atoms with van der Waals surface area (Å²) in [7, 11) is -3.75. The van der Waals surface area contributed by atoms with Crippen LogP contribution >= 0.6 is 15.9 Å². The highest BCUT2D eigenvalue weighted by atomic mass is 79.9. The molecule has 3 N–H and O–H groups in total. The second kappa shape index (κ2) is 5.50. The average molecular weight is 349 g/mol. The van der Waals surface area contributed by atoms with Crippen molar-refractivity contribution in [2.75, 3.05) is 11.5 Å². The molecule has 0 atom stereocenters. The zero-order chi connectivity index (χ0) is 14.8. The minimum absolute atomic E-state index is 0.0362. The minimum atomic E-state index is -3.75. The lowest BCUT2D eigenvalue weighted by Crippen LogP contribution is -2.43. The van der Waals surface area contributed by atoms with E-state index in [-0.39, 0.29) is 10.6 Å². The van der Waals surface area contributed by atoms with E-state index < -0.39 is 27.0 Å². The second-order valence-corrected chi connectivity index (χ2v) is 8.11. The standard InChI is InChI=1S/C12H17BrN2O3S/c1-12(2,3)15-11(16)7-19(17,18)10-6-8(13)4-5-9(10)14/h4-6H,7,14H2,1-3H3,(H,15,16). The van der Waals surface area contributed by atoms with Gasteiger partial charge in [0.2, 0.25) is 5.91 Å². The lowest BCUT2D eigenvalue weighted by molar-refractivity contribution is -0.120. The molecule has 0 aliphatic rings. The number of hydrogen-bond donors (Lipinski definition) is 2. The first-order valence-electron chi connectivity index (χ1n) is 5.60. The van der Waals surface area contributed by atoms with Crippen LogP contribution in [0.1, 0.15) is 20.8 Å². The van der Waals surface area contributed by atoms with Crippen molar-refractivity contribution in [2.24, 2.45) is 0 Å². The van der Waals surface area contributed by atoms with Gasteiger partial charge in [0.15, 0.2) is 9.84 Å². The summed E-state index contributed by atoms with van der Waals surface area (Å²) in [5.74, 6) is -1.17. The lowest BCUT2D eigenvalue weighted by atomic mass is 10.1. The van der Waals surface area contributed by atoms with Crippen molar-refractivity contribution in [2.45, 2.75) is 31.2 Å². The second-order valence-electron chi connectivity index (χ2n) is 5.24. The maximum atomic E-state index is 12.1. The van der Waals surface area contributed by atoms with Crippen molar-refractivity contribution >= 4 is 37.4 Å². The number of anilines is 1. The predicted octanol–water partition coefficient (Wildman–Crippen LogP) is 1.72. The maximum Gasteiger partial charge on any atom is 0.235 e. The van der Waals surface area contributed by atoms with Crippen LogP contribution in [0, 0.1) is 0 Å². The Kier molecular flexibility index (Phi) is 4.63. The third-order valence-corrected chi connectivity index (χ3v) is 4.31. The third kappa shape index (κ3) is 4.83. The Morgan fingerprint density at radius 3 is 2.47 bits per heavy atom. The van der Waals surface area contributed by atoms with Crippen LogP contribution in [0.4, 0.5) is 5.69 Å². The predicted molar refractivity (Wildman–Crippen MR) is 78.5 cm³/mol. The van der Waals surface area contributed by atoms with E-state index in [0.29, 0.717) is 4.47 Å². The molecular formula is C12H17BrN2O3S. The smallest absolute Gasteiger partial charge is 0.235 e. The van der Waals surface area contributed by atoms with Crippen molar-refractivity contribution < 1.29 is 13.2 Å². The van der Waals surface area contributed by atoms with E-state index in [1.54, 1.807) is 26.8 Å². The molecule has 0 saturated heterocycles. The highest BCUT2D eigenvalue weighted by Gasteiger charge is 2.24. The summed E-state index contributed by atoms with van der Waals surface area (Å²) in [5.41, 5.74) is 5.30. The van der Waals surface area contributed by atoms with Crippen molar-refractivity contribution in [3.8, 4) is 0 Å². The van der Waals surface area contributed by atoms with Crippen LogP contribution in [0.3, 0.4) is 0 Å². The molecule has 0 aliphatic heterocycles. The van der Waals surface area contributed by atoms with Crippen LogP contribution in [0.2, 0.25) is 0 Å². The van der Waals surface area contributed by atoms with Crippen molar-refractivity contribution in [1.82, 2.24) is 5.32 Å². The fraction of sp³-hybridized carbons (Fsp3) is 0.417. The molecule has 7 heteroatoms. The van der Waals surface area contributed by atoms with Gasteiger partial charge in [0, 0.05) is 10.0 Å². The Morgan fingerprint density at radius 1 is 1.37 bits per heavy atom. The molecule has 1 amide bonds. The van der Waals surface area contributed by atoms with Gasteiger partial charge in [-0.15, -0.1) is 0 Å². The Morgan fingerprint density at radius 2 is 1.95 bits per heavy atom. The van der Waals surface area contributed by atoms with Gasteiger partial charge < -0.3 is 11.1 Å². The first-order chi connectivity index (χ1) is 8.51. The summed E-state index contributed by atoms with van der Waals surface area (Å²) in [5, 5.41) is 2.61. The zero-order valence-electron chi connectivity index (χ0n) is 11.0. The van der Waals surface area contributed by atoms with Crippen LogP contribution in [-0.2, 0) is 14.6 Å². The summed E-state index contributed by atoms with van der Waals surface area (Å²) >= 11 is 3.18. The first kappa shape index (κ1) is 16.0. The number of nitrogen functional groups attached to an aromatic ring is 1. The Labute approximate surface area is 121 Å². The maximum absolute atomic E-state index is 12.1. The number of sulfone groups is 1. The zero-order valence-corrected chi connectivity index (χ0v) is 13.4. The van der Waals surface area contributed by atoms with Gasteiger partial charge in [-0.3, -0.25) is 4.79 Å². The number of hydrogen-bond acceptors (Lipinski definition) is 4. The van der Waals surface area contributed by atoms with Gasteiger partial charge in [0.1, 0.15) is 5.75 Å². The van der Waals surface area contributed by atoms with E-state index in [0.717, 1.165) is 0 Å². The molecule has 106 valence electrons. The molecule has 0 fully saturated rings. The Hall–Kier alpha value is -1.08. The molecule has 1 aromatic carbocycles. The highest BCUT2D eigenvalue weighted by Crippen LogP contribution is 2.24. The van der Waals surface area contributed by atoms with E-state index in [4.69, 9.17) is 5.73 Å². The highest BCUT2D eigenvalue weighted by molar-refractivity contribution is 9.10. The quantitative estimate of drug-likeness (QED) is 0.813. The molecule has 0 saturated carbocycles. The summed E-state index contributed by atoms with van der Waals surface area (Å²) in [6, 6.07) is 4.53. The lowest BCUT2D eigenvalue weighted by Gasteiger charge is -2.20. The molecule has 0 heterocycles. The molecule has 0 unspecified atom stereocenters. The number of carbonyl (C=O) groups excluding carboxylic acids is 1. The molecule has 0 aromatic heterocycles. The fourth-order valence-corrected chi connectivity index (χ4v) is 3.30. The molecule has 0 bridgehead atoms. The van der Waals surface area contributed by atoms with E-state index >= 15 is 0 Å². The monoisotopic (exact) mass is 348 g/mol. The van der Waals surface area contributed by atoms with E-state index in [9.17, 15) is 13.2 Å². The Bertz CT molecular complexity index is 591. The van der Waals surface area contributed by atoms with Crippen LogP contribution in [0.15, 0.2) is 27.6 Å². The van der Waals surface area contributed by atoms with Gasteiger partial charge >= 0.3 is 0 Å². The minimum Gasteiger partial charge on any atom is -0.398 e. The SMILES string of the molecule is CC(C)(C)NC(=O)CS(=O)(=O)c1cc(Br)ccc1N. The average Bonchev–Trinajstić information content (AvgIpc) is 2.17. The molecule has 0 spiro atoms. The van der Waals surface area contributed by atoms with Crippen LogP contribution in [0.5, 0.6) is 0 Å². The molecule has 1 aromatic rings. The normalized spacial score (nSPS) is 12.2. The van der Waals surface area contributed by atoms with E-state index in [1.807, 2.05) is 0 Å². The van der Waals surface area contributed by atoms with Crippen molar-refractivity contribution in [1.29, 1.82) is 0 Å². The van der Waals surface area contributed by atoms with Crippen LogP contribution in [-0.4, -0.2) is 25.6 Å². The summed E-state index contributed by atoms with van der Waals surface area (Å²) in [6.45, 7) is 5.35. The van der Waals surface area contributed by atoms with Crippen molar-refractivity contribution in [3.05, 3.63) is 22.7 Å². The molecule has 19 heavy (non-hydrogen) atoms. The first-order valence-corrected chi connectivity index (χ1v) is 8.04. The number of halogens is 1. The van der Waals surface area contributed by atoms with E-state index in [1.165, 1.54) is 12.1 Å².